The van der Waals surface area contributed by atoms with Crippen LogP contribution in [0.25, 0.3) is 0 Å². The molecule has 0 aliphatic heterocycles. The lowest BCUT2D eigenvalue weighted by molar-refractivity contribution is 0.414. The van der Waals surface area contributed by atoms with Gasteiger partial charge < -0.3 is 10.1 Å². The van der Waals surface area contributed by atoms with Gasteiger partial charge in [-0.05, 0) is 42.0 Å². The van der Waals surface area contributed by atoms with Gasteiger partial charge in [0.1, 0.15) is 11.6 Å². The van der Waals surface area contributed by atoms with Crippen LogP contribution in [-0.2, 0) is 23.5 Å². The molecule has 0 fully saturated rings. The molecule has 0 aliphatic carbocycles. The molecule has 31 heavy (non-hydrogen) atoms. The molecule has 0 bridgehead atoms. The summed E-state index contributed by atoms with van der Waals surface area (Å²) in [6.07, 6.45) is 2.24. The number of ether oxygens (including phenoxy) is 1. The lowest BCUT2D eigenvalue weighted by atomic mass is 10.1. The molecule has 0 amide bonds. The number of nitrogens with one attached hydrogen (secondary N) is 2. The number of sulfonamides is 1. The van der Waals surface area contributed by atoms with Crippen molar-refractivity contribution in [2.24, 2.45) is 7.05 Å². The summed E-state index contributed by atoms with van der Waals surface area (Å²) >= 11 is 1.23. The van der Waals surface area contributed by atoms with E-state index in [9.17, 15) is 8.42 Å². The maximum atomic E-state index is 12.5. The molecule has 10 heteroatoms. The van der Waals surface area contributed by atoms with Gasteiger partial charge in [-0.2, -0.15) is 5.10 Å². The summed E-state index contributed by atoms with van der Waals surface area (Å²) in [4.78, 5) is 4.12. The van der Waals surface area contributed by atoms with E-state index in [1.807, 2.05) is 37.4 Å². The van der Waals surface area contributed by atoms with Crippen molar-refractivity contribution in [1.29, 1.82) is 0 Å². The number of methoxy groups -OCH3 is 1. The topological polar surface area (TPSA) is 98.1 Å². The monoisotopic (exact) mass is 455 g/mol. The molecule has 4 rings (SSSR count). The number of benzene rings is 2. The Morgan fingerprint density at radius 1 is 1.10 bits per heavy atom. The number of hydrogen-bond donors (Lipinski definition) is 2. The predicted octanol–water partition coefficient (Wildman–Crippen LogP) is 4.02. The third kappa shape index (κ3) is 5.04. The van der Waals surface area contributed by atoms with Gasteiger partial charge >= 0.3 is 0 Å². The van der Waals surface area contributed by atoms with Gasteiger partial charge in [0.25, 0.3) is 10.0 Å². The number of aryl methyl sites for hydroxylation is 1. The number of rotatable bonds is 8. The number of nitrogens with zero attached hydrogens (tertiary/aromatic N) is 3. The molecule has 0 spiro atoms. The smallest absolute Gasteiger partial charge is 0.263 e. The van der Waals surface area contributed by atoms with E-state index in [1.165, 1.54) is 11.3 Å². The van der Waals surface area contributed by atoms with Gasteiger partial charge in [0, 0.05) is 36.8 Å². The Bertz CT molecular complexity index is 1250. The standard InChI is InChI=1S/C21H21N5O3S2/c1-26-20(14-17(24-26)13-15-3-7-18(29-2)8-4-15)23-16-5-9-19(10-6-16)31(27,28)25-21-22-11-12-30-21/h3-12,14,23H,13H2,1-2H3,(H,22,25). The van der Waals surface area contributed by atoms with Gasteiger partial charge in [-0.25, -0.2) is 13.4 Å². The lowest BCUT2D eigenvalue weighted by Gasteiger charge is -2.08. The first-order chi connectivity index (χ1) is 14.9. The third-order valence-electron chi connectivity index (χ3n) is 4.57. The Kier molecular flexibility index (Phi) is 5.92. The van der Waals surface area contributed by atoms with Gasteiger partial charge in [-0.1, -0.05) is 12.1 Å². The van der Waals surface area contributed by atoms with Crippen LogP contribution in [0.2, 0.25) is 0 Å². The van der Waals surface area contributed by atoms with Crippen molar-refractivity contribution in [3.05, 3.63) is 77.4 Å². The minimum absolute atomic E-state index is 0.165. The van der Waals surface area contributed by atoms with Gasteiger partial charge in [-0.15, -0.1) is 11.3 Å². The van der Waals surface area contributed by atoms with Crippen LogP contribution < -0.4 is 14.8 Å². The molecule has 0 saturated heterocycles. The van der Waals surface area contributed by atoms with Crippen molar-refractivity contribution in [3.63, 3.8) is 0 Å². The van der Waals surface area contributed by atoms with Crippen LogP contribution in [0.5, 0.6) is 5.75 Å². The van der Waals surface area contributed by atoms with Crippen LogP contribution in [0.3, 0.4) is 0 Å². The van der Waals surface area contributed by atoms with E-state index in [4.69, 9.17) is 4.74 Å². The average molecular weight is 456 g/mol. The zero-order valence-corrected chi connectivity index (χ0v) is 18.6. The molecule has 0 aliphatic rings. The van der Waals surface area contributed by atoms with E-state index in [2.05, 4.69) is 20.1 Å². The predicted molar refractivity (Wildman–Crippen MR) is 122 cm³/mol. The molecule has 0 unspecified atom stereocenters. The van der Waals surface area contributed by atoms with Gasteiger partial charge in [-0.3, -0.25) is 9.40 Å². The fraction of sp³-hybridized carbons (Fsp3) is 0.143. The summed E-state index contributed by atoms with van der Waals surface area (Å²) in [5.74, 6) is 1.62. The molecule has 2 N–H and O–H groups in total. The molecule has 4 aromatic rings. The lowest BCUT2D eigenvalue weighted by Crippen LogP contribution is -2.12. The minimum Gasteiger partial charge on any atom is -0.497 e. The van der Waals surface area contributed by atoms with Crippen molar-refractivity contribution < 1.29 is 13.2 Å². The van der Waals surface area contributed by atoms with Crippen molar-refractivity contribution in [3.8, 4) is 5.75 Å². The van der Waals surface area contributed by atoms with Crippen LogP contribution in [0.1, 0.15) is 11.3 Å². The quantitative estimate of drug-likeness (QED) is 0.416. The Morgan fingerprint density at radius 2 is 1.84 bits per heavy atom. The molecule has 2 aromatic carbocycles. The largest absolute Gasteiger partial charge is 0.497 e. The van der Waals surface area contributed by atoms with E-state index in [-0.39, 0.29) is 4.90 Å². The Balaban J connectivity index is 1.44. The summed E-state index contributed by atoms with van der Waals surface area (Å²) in [5, 5.41) is 9.87. The number of anilines is 3. The van der Waals surface area contributed by atoms with Gasteiger partial charge in [0.15, 0.2) is 5.13 Å². The van der Waals surface area contributed by atoms with Crippen LogP contribution in [0.4, 0.5) is 16.6 Å². The maximum absolute atomic E-state index is 12.5. The Hall–Kier alpha value is -3.37. The molecule has 2 heterocycles. The summed E-state index contributed by atoms with van der Waals surface area (Å²) in [6.45, 7) is 0. The highest BCUT2D eigenvalue weighted by Crippen LogP contribution is 2.23. The number of hydrogen-bond acceptors (Lipinski definition) is 7. The SMILES string of the molecule is COc1ccc(Cc2cc(Nc3ccc(S(=O)(=O)Nc4nccs4)cc3)n(C)n2)cc1. The van der Waals surface area contributed by atoms with Gasteiger partial charge in [0.2, 0.25) is 0 Å². The van der Waals surface area contributed by atoms with E-state index in [0.717, 1.165) is 28.5 Å². The normalized spacial score (nSPS) is 11.3. The first-order valence-corrected chi connectivity index (χ1v) is 11.7. The molecular formula is C21H21N5O3S2. The highest BCUT2D eigenvalue weighted by Gasteiger charge is 2.15. The number of aromatic nitrogens is 3. The molecule has 0 atom stereocenters. The molecular weight excluding hydrogens is 434 g/mol. The first-order valence-electron chi connectivity index (χ1n) is 9.38. The number of thiazole rings is 1. The second-order valence-electron chi connectivity index (χ2n) is 6.76. The molecule has 0 radical (unpaired) electrons. The Labute approximate surface area is 184 Å². The van der Waals surface area contributed by atoms with Crippen molar-refractivity contribution in [1.82, 2.24) is 14.8 Å². The second kappa shape index (κ2) is 8.78. The van der Waals surface area contributed by atoms with Gasteiger partial charge in [0.05, 0.1) is 17.7 Å². The molecule has 160 valence electrons. The van der Waals surface area contributed by atoms with Crippen LogP contribution >= 0.6 is 11.3 Å². The van der Waals surface area contributed by atoms with Crippen LogP contribution in [0, 0.1) is 0 Å². The van der Waals surface area contributed by atoms with E-state index < -0.39 is 10.0 Å². The van der Waals surface area contributed by atoms with E-state index >= 15 is 0 Å². The maximum Gasteiger partial charge on any atom is 0.263 e. The van der Waals surface area contributed by atoms with Crippen molar-refractivity contribution in [2.45, 2.75) is 11.3 Å². The minimum atomic E-state index is -3.67. The zero-order valence-electron chi connectivity index (χ0n) is 16.9. The summed E-state index contributed by atoms with van der Waals surface area (Å²) in [5.41, 5.74) is 2.81. The summed E-state index contributed by atoms with van der Waals surface area (Å²) in [6, 6.07) is 16.4. The van der Waals surface area contributed by atoms with E-state index in [1.54, 1.807) is 47.6 Å². The molecule has 2 aromatic heterocycles. The van der Waals surface area contributed by atoms with Crippen LogP contribution in [-0.4, -0.2) is 30.3 Å². The average Bonchev–Trinajstić information content (AvgIpc) is 3.38. The first kappa shape index (κ1) is 20.9. The third-order valence-corrected chi connectivity index (χ3v) is 6.74. The van der Waals surface area contributed by atoms with Crippen molar-refractivity contribution >= 4 is 38.0 Å². The second-order valence-corrected chi connectivity index (χ2v) is 9.34. The fourth-order valence-corrected chi connectivity index (χ4v) is 4.78. The van der Waals surface area contributed by atoms with Crippen LogP contribution in [0.15, 0.2) is 71.1 Å². The Morgan fingerprint density at radius 3 is 2.48 bits per heavy atom. The molecule has 8 nitrogen and oxygen atoms in total. The molecule has 0 saturated carbocycles. The highest BCUT2D eigenvalue weighted by atomic mass is 32.2. The van der Waals surface area contributed by atoms with E-state index in [0.29, 0.717) is 11.6 Å². The fourth-order valence-electron chi connectivity index (χ4n) is 3.00. The highest BCUT2D eigenvalue weighted by molar-refractivity contribution is 7.93. The zero-order chi connectivity index (χ0) is 21.8. The van der Waals surface area contributed by atoms with Crippen molar-refractivity contribution in [2.75, 3.05) is 17.1 Å². The summed E-state index contributed by atoms with van der Waals surface area (Å²) < 4.78 is 34.3. The summed E-state index contributed by atoms with van der Waals surface area (Å²) in [7, 11) is -0.171.